The van der Waals surface area contributed by atoms with Gasteiger partial charge in [0.2, 0.25) is 5.78 Å². The number of ketones is 1. The summed E-state index contributed by atoms with van der Waals surface area (Å²) in [6.45, 7) is 0.0871. The van der Waals surface area contributed by atoms with Gasteiger partial charge in [0.25, 0.3) is 0 Å². The van der Waals surface area contributed by atoms with E-state index in [1.807, 2.05) is 30.3 Å². The number of fused-ring (bicyclic) bond motifs is 1. The van der Waals surface area contributed by atoms with E-state index < -0.39 is 0 Å². The first-order valence-corrected chi connectivity index (χ1v) is 9.40. The second-order valence-electron chi connectivity index (χ2n) is 6.60. The van der Waals surface area contributed by atoms with Gasteiger partial charge in [-0.1, -0.05) is 48.6 Å². The van der Waals surface area contributed by atoms with E-state index in [4.69, 9.17) is 14.2 Å². The molecule has 0 spiro atoms. The highest BCUT2D eigenvalue weighted by atomic mass is 19.1. The van der Waals surface area contributed by atoms with Crippen molar-refractivity contribution in [2.45, 2.75) is 6.61 Å². The molecular weight excluding hydrogens is 383 g/mol. The summed E-state index contributed by atoms with van der Waals surface area (Å²) >= 11 is 0. The van der Waals surface area contributed by atoms with Gasteiger partial charge in [-0.15, -0.1) is 0 Å². The minimum Gasteiger partial charge on any atom is -0.496 e. The maximum atomic E-state index is 13.7. The van der Waals surface area contributed by atoms with E-state index in [0.29, 0.717) is 22.6 Å². The molecule has 0 saturated heterocycles. The van der Waals surface area contributed by atoms with Crippen LogP contribution in [0.4, 0.5) is 4.39 Å². The number of ether oxygens (including phenoxy) is 3. The highest BCUT2D eigenvalue weighted by Gasteiger charge is 2.27. The van der Waals surface area contributed by atoms with Crippen molar-refractivity contribution in [3.8, 4) is 17.2 Å². The highest BCUT2D eigenvalue weighted by molar-refractivity contribution is 6.12. The average Bonchev–Trinajstić information content (AvgIpc) is 3.08. The molecule has 0 amide bonds. The Kier molecular flexibility index (Phi) is 5.61. The zero-order chi connectivity index (χ0) is 20.9. The fourth-order valence-corrected chi connectivity index (χ4v) is 3.09. The van der Waals surface area contributed by atoms with Crippen molar-refractivity contribution in [3.63, 3.8) is 0 Å². The van der Waals surface area contributed by atoms with Crippen LogP contribution in [-0.2, 0) is 6.61 Å². The van der Waals surface area contributed by atoms with Crippen LogP contribution in [0.5, 0.6) is 17.2 Å². The first-order valence-electron chi connectivity index (χ1n) is 9.40. The van der Waals surface area contributed by atoms with Crippen molar-refractivity contribution in [3.05, 3.63) is 107 Å². The van der Waals surface area contributed by atoms with E-state index in [9.17, 15) is 9.18 Å². The molecule has 0 N–H and O–H groups in total. The quantitative estimate of drug-likeness (QED) is 0.505. The third-order valence-corrected chi connectivity index (χ3v) is 4.66. The first-order chi connectivity index (χ1) is 14.7. The van der Waals surface area contributed by atoms with Crippen LogP contribution < -0.4 is 14.2 Å². The van der Waals surface area contributed by atoms with E-state index >= 15 is 0 Å². The predicted molar refractivity (Wildman–Crippen MR) is 112 cm³/mol. The van der Waals surface area contributed by atoms with Gasteiger partial charge in [0.15, 0.2) is 5.76 Å². The molecule has 0 bridgehead atoms. The van der Waals surface area contributed by atoms with Gasteiger partial charge in [0.1, 0.15) is 29.7 Å². The van der Waals surface area contributed by atoms with Gasteiger partial charge in [-0.25, -0.2) is 4.39 Å². The number of Topliss-reactive ketones (excluding diaryl/α,β-unsaturated/α-hetero) is 1. The topological polar surface area (TPSA) is 44.8 Å². The van der Waals surface area contributed by atoms with E-state index in [1.54, 1.807) is 55.7 Å². The molecule has 3 aromatic carbocycles. The lowest BCUT2D eigenvalue weighted by molar-refractivity contribution is 0.101. The molecule has 4 rings (SSSR count). The van der Waals surface area contributed by atoms with E-state index in [2.05, 4.69) is 0 Å². The Morgan fingerprint density at radius 1 is 1.03 bits per heavy atom. The number of rotatable bonds is 6. The van der Waals surface area contributed by atoms with Crippen LogP contribution in [0.15, 0.2) is 84.6 Å². The minimum absolute atomic E-state index is 0.0871. The number of halogens is 1. The second-order valence-corrected chi connectivity index (χ2v) is 6.60. The zero-order valence-electron chi connectivity index (χ0n) is 16.3. The molecule has 4 nitrogen and oxygen atoms in total. The Morgan fingerprint density at radius 2 is 1.83 bits per heavy atom. The lowest BCUT2D eigenvalue weighted by Crippen LogP contribution is -1.98. The Bertz CT molecular complexity index is 1150. The minimum atomic E-state index is -0.322. The van der Waals surface area contributed by atoms with E-state index in [1.165, 1.54) is 6.07 Å². The molecule has 0 atom stereocenters. The number of para-hydroxylation sites is 1. The molecule has 1 aliphatic heterocycles. The number of carbonyl (C=O) groups excluding carboxylic acids is 1. The number of allylic oxidation sites excluding steroid dienone is 3. The fourth-order valence-electron chi connectivity index (χ4n) is 3.09. The lowest BCUT2D eigenvalue weighted by atomic mass is 10.1. The Morgan fingerprint density at radius 3 is 2.67 bits per heavy atom. The maximum absolute atomic E-state index is 13.7. The Labute approximate surface area is 173 Å². The molecule has 0 aliphatic carbocycles. The van der Waals surface area contributed by atoms with Gasteiger partial charge in [0.05, 0.1) is 12.7 Å². The molecule has 30 heavy (non-hydrogen) atoms. The van der Waals surface area contributed by atoms with Crippen molar-refractivity contribution >= 4 is 11.9 Å². The summed E-state index contributed by atoms with van der Waals surface area (Å²) in [6.07, 6.45) is 5.20. The molecule has 1 heterocycles. The van der Waals surface area contributed by atoms with Crippen molar-refractivity contribution in [1.82, 2.24) is 0 Å². The third-order valence-electron chi connectivity index (χ3n) is 4.66. The molecule has 3 aromatic rings. The maximum Gasteiger partial charge on any atom is 0.231 e. The average molecular weight is 402 g/mol. The zero-order valence-corrected chi connectivity index (χ0v) is 16.3. The lowest BCUT2D eigenvalue weighted by Gasteiger charge is -2.08. The van der Waals surface area contributed by atoms with Gasteiger partial charge < -0.3 is 14.2 Å². The number of carbonyl (C=O) groups is 1. The van der Waals surface area contributed by atoms with Gasteiger partial charge in [-0.2, -0.15) is 0 Å². The summed E-state index contributed by atoms with van der Waals surface area (Å²) < 4.78 is 30.4. The van der Waals surface area contributed by atoms with E-state index in [-0.39, 0.29) is 24.0 Å². The monoisotopic (exact) mass is 402 g/mol. The van der Waals surface area contributed by atoms with Crippen LogP contribution in [0.2, 0.25) is 0 Å². The first kappa shape index (κ1) is 19.5. The van der Waals surface area contributed by atoms with Crippen LogP contribution in [-0.4, -0.2) is 12.9 Å². The fraction of sp³-hybridized carbons (Fsp3) is 0.0800. The summed E-state index contributed by atoms with van der Waals surface area (Å²) in [4.78, 5) is 12.6. The van der Waals surface area contributed by atoms with Crippen molar-refractivity contribution in [1.29, 1.82) is 0 Å². The standard InChI is InChI=1S/C25H19FO4/c1-28-22-11-5-3-7-17(22)9-6-12-23-25(27)20-14-13-19(15-24(20)30-23)29-16-18-8-2-4-10-21(18)26/h2-15H,16H2,1H3. The molecule has 0 aromatic heterocycles. The van der Waals surface area contributed by atoms with Crippen LogP contribution in [0.1, 0.15) is 21.5 Å². The Hall–Kier alpha value is -3.86. The predicted octanol–water partition coefficient (Wildman–Crippen LogP) is 5.59. The summed E-state index contributed by atoms with van der Waals surface area (Å²) in [7, 11) is 1.61. The largest absolute Gasteiger partial charge is 0.496 e. The number of hydrogen-bond donors (Lipinski definition) is 0. The van der Waals surface area contributed by atoms with Crippen LogP contribution in [0.25, 0.3) is 6.08 Å². The summed E-state index contributed by atoms with van der Waals surface area (Å²) in [5, 5.41) is 0. The van der Waals surface area contributed by atoms with Crippen LogP contribution >= 0.6 is 0 Å². The number of benzene rings is 3. The van der Waals surface area contributed by atoms with Crippen molar-refractivity contribution < 1.29 is 23.4 Å². The molecule has 0 fully saturated rings. The molecule has 0 unspecified atom stereocenters. The second kappa shape index (κ2) is 8.66. The SMILES string of the molecule is COc1ccccc1C=CC=C1Oc2cc(OCc3ccccc3F)ccc2C1=O. The van der Waals surface area contributed by atoms with Crippen LogP contribution in [0.3, 0.4) is 0 Å². The number of hydrogen-bond acceptors (Lipinski definition) is 4. The normalized spacial score (nSPS) is 14.1. The summed E-state index contributed by atoms with van der Waals surface area (Å²) in [5.41, 5.74) is 1.81. The van der Waals surface area contributed by atoms with Gasteiger partial charge in [0, 0.05) is 17.2 Å². The van der Waals surface area contributed by atoms with Gasteiger partial charge >= 0.3 is 0 Å². The molecule has 0 radical (unpaired) electrons. The molecule has 150 valence electrons. The molecule has 0 saturated carbocycles. The third kappa shape index (κ3) is 4.10. The molecule has 1 aliphatic rings. The Balaban J connectivity index is 1.47. The highest BCUT2D eigenvalue weighted by Crippen LogP contribution is 2.34. The smallest absolute Gasteiger partial charge is 0.231 e. The number of methoxy groups -OCH3 is 1. The molecular formula is C25H19FO4. The summed E-state index contributed by atoms with van der Waals surface area (Å²) in [5.74, 6) is 1.36. The molecule has 5 heteroatoms. The van der Waals surface area contributed by atoms with E-state index in [0.717, 1.165) is 11.3 Å². The van der Waals surface area contributed by atoms with Crippen molar-refractivity contribution in [2.75, 3.05) is 7.11 Å². The van der Waals surface area contributed by atoms with Gasteiger partial charge in [-0.05, 0) is 30.3 Å². The van der Waals surface area contributed by atoms with Crippen LogP contribution in [0, 0.1) is 5.82 Å². The van der Waals surface area contributed by atoms with Gasteiger partial charge in [-0.3, -0.25) is 4.79 Å². The summed E-state index contributed by atoms with van der Waals surface area (Å²) in [6, 6.07) is 19.0. The van der Waals surface area contributed by atoms with Crippen molar-refractivity contribution in [2.24, 2.45) is 0 Å².